The molecule has 1 saturated heterocycles. The van der Waals surface area contributed by atoms with Crippen molar-refractivity contribution in [1.29, 1.82) is 0 Å². The van der Waals surface area contributed by atoms with Crippen LogP contribution in [0.15, 0.2) is 0 Å². The minimum Gasteiger partial charge on any atom is -0.402 e. The first-order valence-electron chi connectivity index (χ1n) is 4.72. The molecule has 0 amide bonds. The number of nitrogens with two attached hydrogens (primary N) is 1. The SMILES string of the molecule is NCB1OC(C(O)CO)C(C(O)CO)O1. The molecule has 4 atom stereocenters. The van der Waals surface area contributed by atoms with Gasteiger partial charge in [0.15, 0.2) is 0 Å². The molecular formula is C7H16BNO6. The Balaban J connectivity index is 2.65. The summed E-state index contributed by atoms with van der Waals surface area (Å²) in [5.74, 6) is 0. The van der Waals surface area contributed by atoms with Crippen molar-refractivity contribution in [3.05, 3.63) is 0 Å². The summed E-state index contributed by atoms with van der Waals surface area (Å²) in [7, 11) is -0.734. The molecule has 88 valence electrons. The molecule has 8 heteroatoms. The second-order valence-corrected chi connectivity index (χ2v) is 3.37. The van der Waals surface area contributed by atoms with E-state index in [1.807, 2.05) is 0 Å². The lowest BCUT2D eigenvalue weighted by atomic mass is 9.92. The fraction of sp³-hybridized carbons (Fsp3) is 1.00. The Bertz CT molecular complexity index is 178. The zero-order valence-corrected chi connectivity index (χ0v) is 8.19. The van der Waals surface area contributed by atoms with Crippen molar-refractivity contribution in [3.8, 4) is 0 Å². The smallest absolute Gasteiger partial charge is 0.402 e. The third-order valence-corrected chi connectivity index (χ3v) is 2.27. The van der Waals surface area contributed by atoms with Gasteiger partial charge in [0.25, 0.3) is 0 Å². The third kappa shape index (κ3) is 2.88. The highest BCUT2D eigenvalue weighted by atomic mass is 16.7. The van der Waals surface area contributed by atoms with Crippen LogP contribution in [-0.4, -0.2) is 71.6 Å². The molecule has 0 aromatic heterocycles. The lowest BCUT2D eigenvalue weighted by Crippen LogP contribution is -2.45. The van der Waals surface area contributed by atoms with Crippen molar-refractivity contribution in [2.24, 2.45) is 5.73 Å². The molecule has 0 spiro atoms. The van der Waals surface area contributed by atoms with Gasteiger partial charge in [0.1, 0.15) is 12.2 Å². The van der Waals surface area contributed by atoms with Crippen LogP contribution in [0.5, 0.6) is 0 Å². The van der Waals surface area contributed by atoms with Crippen molar-refractivity contribution in [2.45, 2.75) is 24.4 Å². The average molecular weight is 221 g/mol. The standard InChI is InChI=1S/C7H16BNO6/c9-3-8-14-6(4(12)1-10)7(15-8)5(13)2-11/h4-7,10-13H,1-3,9H2. The molecule has 1 rings (SSSR count). The molecule has 1 aliphatic rings. The maximum Gasteiger partial charge on any atom is 0.472 e. The van der Waals surface area contributed by atoms with E-state index < -0.39 is 44.7 Å². The van der Waals surface area contributed by atoms with Crippen molar-refractivity contribution >= 4 is 7.12 Å². The Labute approximate surface area is 87.6 Å². The molecule has 0 aliphatic carbocycles. The lowest BCUT2D eigenvalue weighted by Gasteiger charge is -2.24. The monoisotopic (exact) mass is 221 g/mol. The number of hydrogen-bond acceptors (Lipinski definition) is 7. The largest absolute Gasteiger partial charge is 0.472 e. The molecule has 0 bridgehead atoms. The summed E-state index contributed by atoms with van der Waals surface area (Å²) in [6.07, 6.45) is -4.04. The molecule has 0 radical (unpaired) electrons. The lowest BCUT2D eigenvalue weighted by molar-refractivity contribution is -0.0640. The van der Waals surface area contributed by atoms with Gasteiger partial charge in [-0.3, -0.25) is 0 Å². The van der Waals surface area contributed by atoms with Crippen LogP contribution < -0.4 is 5.73 Å². The van der Waals surface area contributed by atoms with E-state index in [1.165, 1.54) is 0 Å². The summed E-state index contributed by atoms with van der Waals surface area (Å²) >= 11 is 0. The highest BCUT2D eigenvalue weighted by Crippen LogP contribution is 2.22. The molecule has 7 nitrogen and oxygen atoms in total. The quantitative estimate of drug-likeness (QED) is 0.304. The molecular weight excluding hydrogens is 205 g/mol. The first kappa shape index (κ1) is 12.9. The summed E-state index contributed by atoms with van der Waals surface area (Å²) in [6, 6.07) is 0. The molecule has 1 aliphatic heterocycles. The average Bonchev–Trinajstić information content (AvgIpc) is 2.70. The highest BCUT2D eigenvalue weighted by molar-refractivity contribution is 6.45. The van der Waals surface area contributed by atoms with Gasteiger partial charge in [-0.25, -0.2) is 0 Å². The molecule has 0 aromatic rings. The van der Waals surface area contributed by atoms with Crippen molar-refractivity contribution in [3.63, 3.8) is 0 Å². The second kappa shape index (κ2) is 5.76. The first-order valence-corrected chi connectivity index (χ1v) is 4.72. The van der Waals surface area contributed by atoms with E-state index in [4.69, 9.17) is 25.3 Å². The maximum absolute atomic E-state index is 9.40. The maximum atomic E-state index is 9.40. The van der Waals surface area contributed by atoms with Gasteiger partial charge in [-0.1, -0.05) is 0 Å². The van der Waals surface area contributed by atoms with Crippen molar-refractivity contribution in [1.82, 2.24) is 0 Å². The number of aliphatic hydroxyl groups is 4. The predicted octanol–water partition coefficient (Wildman–Crippen LogP) is -3.54. The van der Waals surface area contributed by atoms with Crippen LogP contribution in [0.2, 0.25) is 0 Å². The summed E-state index contributed by atoms with van der Waals surface area (Å²) in [4.78, 5) is 0. The normalized spacial score (nSPS) is 30.6. The van der Waals surface area contributed by atoms with Gasteiger partial charge < -0.3 is 35.5 Å². The number of hydrogen-bond donors (Lipinski definition) is 5. The third-order valence-electron chi connectivity index (χ3n) is 2.27. The van der Waals surface area contributed by atoms with E-state index in [0.717, 1.165) is 0 Å². The summed E-state index contributed by atoms with van der Waals surface area (Å²) in [5, 5.41) is 36.3. The van der Waals surface area contributed by atoms with Crippen LogP contribution >= 0.6 is 0 Å². The predicted molar refractivity (Wildman–Crippen MR) is 50.7 cm³/mol. The molecule has 0 aromatic carbocycles. The molecule has 0 saturated carbocycles. The Kier molecular flexibility index (Phi) is 4.93. The van der Waals surface area contributed by atoms with E-state index >= 15 is 0 Å². The van der Waals surface area contributed by atoms with Gasteiger partial charge in [-0.05, 0) is 0 Å². The Morgan fingerprint density at radius 3 is 1.73 bits per heavy atom. The summed E-state index contributed by atoms with van der Waals surface area (Å²) in [6.45, 7) is -1.03. The first-order chi connectivity index (χ1) is 7.13. The summed E-state index contributed by atoms with van der Waals surface area (Å²) < 4.78 is 10.3. The van der Waals surface area contributed by atoms with Crippen LogP contribution in [0.3, 0.4) is 0 Å². The highest BCUT2D eigenvalue weighted by Gasteiger charge is 2.45. The van der Waals surface area contributed by atoms with Gasteiger partial charge in [-0.2, -0.15) is 0 Å². The molecule has 1 fully saturated rings. The zero-order chi connectivity index (χ0) is 11.4. The number of rotatable bonds is 5. The van der Waals surface area contributed by atoms with E-state index in [0.29, 0.717) is 0 Å². The van der Waals surface area contributed by atoms with Gasteiger partial charge in [0.05, 0.1) is 25.4 Å². The Morgan fingerprint density at radius 2 is 1.47 bits per heavy atom. The summed E-state index contributed by atoms with van der Waals surface area (Å²) in [5.41, 5.74) is 5.30. The second-order valence-electron chi connectivity index (χ2n) is 3.37. The van der Waals surface area contributed by atoms with E-state index in [9.17, 15) is 10.2 Å². The van der Waals surface area contributed by atoms with Crippen LogP contribution in [0, 0.1) is 0 Å². The number of aliphatic hydroxyl groups excluding tert-OH is 4. The van der Waals surface area contributed by atoms with E-state index in [-0.39, 0.29) is 6.44 Å². The molecule has 4 unspecified atom stereocenters. The van der Waals surface area contributed by atoms with Gasteiger partial charge in [0.2, 0.25) is 0 Å². The van der Waals surface area contributed by atoms with E-state index in [2.05, 4.69) is 0 Å². The van der Waals surface area contributed by atoms with Crippen molar-refractivity contribution < 1.29 is 29.7 Å². The van der Waals surface area contributed by atoms with Gasteiger partial charge in [-0.15, -0.1) is 0 Å². The van der Waals surface area contributed by atoms with Crippen molar-refractivity contribution in [2.75, 3.05) is 19.7 Å². The van der Waals surface area contributed by atoms with E-state index in [1.54, 1.807) is 0 Å². The molecule has 1 heterocycles. The fourth-order valence-electron chi connectivity index (χ4n) is 1.48. The zero-order valence-electron chi connectivity index (χ0n) is 8.19. The Hall–Kier alpha value is -0.215. The van der Waals surface area contributed by atoms with Gasteiger partial charge in [0, 0.05) is 6.44 Å². The van der Waals surface area contributed by atoms with Crippen LogP contribution in [0.1, 0.15) is 0 Å². The minimum absolute atomic E-state index is 0.0727. The topological polar surface area (TPSA) is 125 Å². The Morgan fingerprint density at radius 1 is 1.07 bits per heavy atom. The van der Waals surface area contributed by atoms with Crippen LogP contribution in [-0.2, 0) is 9.31 Å². The van der Waals surface area contributed by atoms with Crippen LogP contribution in [0.4, 0.5) is 0 Å². The molecule has 15 heavy (non-hydrogen) atoms. The fourth-order valence-corrected chi connectivity index (χ4v) is 1.48. The van der Waals surface area contributed by atoms with Gasteiger partial charge >= 0.3 is 7.12 Å². The minimum atomic E-state index is -1.17. The molecule has 6 N–H and O–H groups in total. The van der Waals surface area contributed by atoms with Crippen LogP contribution in [0.25, 0.3) is 0 Å².